The van der Waals surface area contributed by atoms with E-state index in [0.29, 0.717) is 19.0 Å². The predicted molar refractivity (Wildman–Crippen MR) is 104 cm³/mol. The quantitative estimate of drug-likeness (QED) is 0.350. The maximum absolute atomic E-state index is 12.4. The summed E-state index contributed by atoms with van der Waals surface area (Å²) in [6, 6.07) is 0. The van der Waals surface area contributed by atoms with Crippen molar-refractivity contribution in [3.05, 3.63) is 0 Å². The van der Waals surface area contributed by atoms with E-state index in [1.54, 1.807) is 7.05 Å². The van der Waals surface area contributed by atoms with Crippen molar-refractivity contribution in [3.8, 4) is 0 Å². The van der Waals surface area contributed by atoms with Gasteiger partial charge in [0.15, 0.2) is 5.96 Å². The highest BCUT2D eigenvalue weighted by atomic mass is 127. The molecule has 2 heterocycles. The highest BCUT2D eigenvalue weighted by Crippen LogP contribution is 2.25. The second-order valence-electron chi connectivity index (χ2n) is 7.28. The first kappa shape index (κ1) is 22.8. The second-order valence-corrected chi connectivity index (χ2v) is 7.28. The Morgan fingerprint density at radius 2 is 1.88 bits per heavy atom. The van der Waals surface area contributed by atoms with Crippen LogP contribution in [0.15, 0.2) is 4.99 Å². The van der Waals surface area contributed by atoms with Crippen molar-refractivity contribution < 1.29 is 17.9 Å². The van der Waals surface area contributed by atoms with E-state index in [9.17, 15) is 13.2 Å². The van der Waals surface area contributed by atoms with E-state index in [4.69, 9.17) is 4.74 Å². The van der Waals surface area contributed by atoms with Gasteiger partial charge in [0.25, 0.3) is 0 Å². The molecule has 25 heavy (non-hydrogen) atoms. The molecule has 2 aliphatic rings. The minimum atomic E-state index is -4.09. The normalized spacial score (nSPS) is 22.0. The number of nitrogens with zero attached hydrogens (tertiary/aromatic N) is 2. The van der Waals surface area contributed by atoms with Gasteiger partial charge >= 0.3 is 6.18 Å². The zero-order valence-electron chi connectivity index (χ0n) is 15.0. The molecular formula is C16H30F3IN4O. The lowest BCUT2D eigenvalue weighted by molar-refractivity contribution is -0.148. The van der Waals surface area contributed by atoms with Gasteiger partial charge in [-0.2, -0.15) is 13.2 Å². The average molecular weight is 478 g/mol. The summed E-state index contributed by atoms with van der Waals surface area (Å²) in [6.45, 7) is 5.62. The Morgan fingerprint density at radius 3 is 2.36 bits per heavy atom. The highest BCUT2D eigenvalue weighted by Gasteiger charge is 2.33. The first-order chi connectivity index (χ1) is 11.3. The van der Waals surface area contributed by atoms with E-state index < -0.39 is 12.7 Å². The number of nitrogens with one attached hydrogen (secondary N) is 2. The van der Waals surface area contributed by atoms with Gasteiger partial charge in [-0.25, -0.2) is 0 Å². The fourth-order valence-corrected chi connectivity index (χ4v) is 3.15. The molecule has 9 heteroatoms. The largest absolute Gasteiger partial charge is 0.401 e. The van der Waals surface area contributed by atoms with Gasteiger partial charge in [-0.1, -0.05) is 6.92 Å². The van der Waals surface area contributed by atoms with Gasteiger partial charge in [0.1, 0.15) is 0 Å². The van der Waals surface area contributed by atoms with Gasteiger partial charge in [-0.15, -0.1) is 24.0 Å². The van der Waals surface area contributed by atoms with E-state index in [-0.39, 0.29) is 29.4 Å². The molecule has 0 aliphatic carbocycles. The van der Waals surface area contributed by atoms with Crippen molar-refractivity contribution in [2.45, 2.75) is 32.4 Å². The van der Waals surface area contributed by atoms with Crippen LogP contribution in [0.2, 0.25) is 0 Å². The fourth-order valence-electron chi connectivity index (χ4n) is 3.15. The molecule has 2 fully saturated rings. The highest BCUT2D eigenvalue weighted by molar-refractivity contribution is 14.0. The molecule has 2 rings (SSSR count). The summed E-state index contributed by atoms with van der Waals surface area (Å²) in [5.41, 5.74) is 0.183. The van der Waals surface area contributed by atoms with Crippen LogP contribution >= 0.6 is 24.0 Å². The average Bonchev–Trinajstić information content (AvgIpc) is 2.49. The van der Waals surface area contributed by atoms with E-state index in [2.05, 4.69) is 22.5 Å². The van der Waals surface area contributed by atoms with Crippen molar-refractivity contribution in [2.24, 2.45) is 16.3 Å². The lowest BCUT2D eigenvalue weighted by atomic mass is 9.89. The number of aliphatic imine (C=N–C) groups is 1. The topological polar surface area (TPSA) is 48.9 Å². The summed E-state index contributed by atoms with van der Waals surface area (Å²) in [6.07, 6.45) is -1.46. The molecule has 2 N–H and O–H groups in total. The maximum atomic E-state index is 12.4. The van der Waals surface area contributed by atoms with Crippen LogP contribution in [-0.2, 0) is 4.74 Å². The lowest BCUT2D eigenvalue weighted by Crippen LogP contribution is -2.51. The van der Waals surface area contributed by atoms with Crippen LogP contribution in [0.25, 0.3) is 0 Å². The van der Waals surface area contributed by atoms with Gasteiger partial charge in [-0.3, -0.25) is 9.89 Å². The van der Waals surface area contributed by atoms with Crippen LogP contribution in [-0.4, -0.2) is 70.0 Å². The summed E-state index contributed by atoms with van der Waals surface area (Å²) in [7, 11) is 1.74. The number of alkyl halides is 3. The van der Waals surface area contributed by atoms with Gasteiger partial charge in [0.05, 0.1) is 19.8 Å². The molecular weight excluding hydrogens is 448 g/mol. The van der Waals surface area contributed by atoms with E-state index >= 15 is 0 Å². The molecule has 0 atom stereocenters. The van der Waals surface area contributed by atoms with Crippen LogP contribution in [0.1, 0.15) is 26.2 Å². The van der Waals surface area contributed by atoms with Gasteiger partial charge in [-0.05, 0) is 38.3 Å². The molecule has 2 aliphatic heterocycles. The maximum Gasteiger partial charge on any atom is 0.401 e. The number of rotatable bonds is 6. The fraction of sp³-hybridized carbons (Fsp3) is 0.938. The molecule has 2 saturated heterocycles. The monoisotopic (exact) mass is 478 g/mol. The molecule has 0 aromatic heterocycles. The van der Waals surface area contributed by atoms with Crippen LogP contribution in [0.4, 0.5) is 13.2 Å². The summed E-state index contributed by atoms with van der Waals surface area (Å²) >= 11 is 0. The first-order valence-corrected chi connectivity index (χ1v) is 8.61. The SMILES string of the molecule is CN=C(NCCC1CCN(CC(F)(F)F)CC1)NCC1(C)COC1.I. The summed E-state index contributed by atoms with van der Waals surface area (Å²) in [5.74, 6) is 1.26. The Kier molecular flexibility index (Phi) is 9.24. The molecule has 0 saturated carbocycles. The molecule has 0 aromatic carbocycles. The molecule has 0 amide bonds. The van der Waals surface area contributed by atoms with Crippen LogP contribution in [0.3, 0.4) is 0 Å². The number of hydrogen-bond donors (Lipinski definition) is 2. The number of piperidine rings is 1. The van der Waals surface area contributed by atoms with Crippen molar-refractivity contribution in [1.29, 1.82) is 0 Å². The smallest absolute Gasteiger partial charge is 0.380 e. The van der Waals surface area contributed by atoms with Crippen molar-refractivity contribution >= 4 is 29.9 Å². The molecule has 0 radical (unpaired) electrons. The van der Waals surface area contributed by atoms with Crippen molar-refractivity contribution in [1.82, 2.24) is 15.5 Å². The van der Waals surface area contributed by atoms with Gasteiger partial charge < -0.3 is 15.4 Å². The standard InChI is InChI=1S/C16H29F3N4O.HI/c1-15(11-24-12-15)9-22-14(20-2)21-6-3-13-4-7-23(8-5-13)10-16(17,18)19;/h13H,3-12H2,1-2H3,(H2,20,21,22);1H. The summed E-state index contributed by atoms with van der Waals surface area (Å²) in [4.78, 5) is 5.71. The zero-order chi connectivity index (χ0) is 17.6. The van der Waals surface area contributed by atoms with Gasteiger partial charge in [0, 0.05) is 25.6 Å². The van der Waals surface area contributed by atoms with E-state index in [0.717, 1.165) is 51.5 Å². The molecule has 0 aromatic rings. The third-order valence-corrected chi connectivity index (χ3v) is 4.76. The molecule has 0 unspecified atom stereocenters. The molecule has 0 spiro atoms. The molecule has 148 valence electrons. The first-order valence-electron chi connectivity index (χ1n) is 8.61. The summed E-state index contributed by atoms with van der Waals surface area (Å²) < 4.78 is 42.4. The number of likely N-dealkylation sites (tertiary alicyclic amines) is 1. The number of halogens is 4. The number of hydrogen-bond acceptors (Lipinski definition) is 3. The minimum Gasteiger partial charge on any atom is -0.380 e. The second kappa shape index (κ2) is 10.1. The Balaban J connectivity index is 0.00000312. The van der Waals surface area contributed by atoms with Crippen LogP contribution in [0.5, 0.6) is 0 Å². The van der Waals surface area contributed by atoms with E-state index in [1.807, 2.05) is 0 Å². The number of guanidine groups is 1. The lowest BCUT2D eigenvalue weighted by Gasteiger charge is -2.38. The van der Waals surface area contributed by atoms with Gasteiger partial charge in [0.2, 0.25) is 0 Å². The third-order valence-electron chi connectivity index (χ3n) is 4.76. The molecule has 0 bridgehead atoms. The van der Waals surface area contributed by atoms with Crippen molar-refractivity contribution in [2.75, 3.05) is 53.0 Å². The van der Waals surface area contributed by atoms with Crippen LogP contribution in [0, 0.1) is 11.3 Å². The minimum absolute atomic E-state index is 0. The van der Waals surface area contributed by atoms with Crippen LogP contribution < -0.4 is 10.6 Å². The third kappa shape index (κ3) is 8.29. The van der Waals surface area contributed by atoms with E-state index in [1.165, 1.54) is 4.90 Å². The Labute approximate surface area is 165 Å². The van der Waals surface area contributed by atoms with Crippen molar-refractivity contribution in [3.63, 3.8) is 0 Å². The Hall–Kier alpha value is -0.290. The predicted octanol–water partition coefficient (Wildman–Crippen LogP) is 2.47. The summed E-state index contributed by atoms with van der Waals surface area (Å²) in [5, 5.41) is 6.60. The Morgan fingerprint density at radius 1 is 1.24 bits per heavy atom. The molecule has 5 nitrogen and oxygen atoms in total. The zero-order valence-corrected chi connectivity index (χ0v) is 17.3. The number of ether oxygens (including phenoxy) is 1. The Bertz CT molecular complexity index is 422.